The van der Waals surface area contributed by atoms with E-state index in [0.717, 1.165) is 17.7 Å². The molecule has 3 fully saturated rings. The summed E-state index contributed by atoms with van der Waals surface area (Å²) in [5.41, 5.74) is 1.54. The van der Waals surface area contributed by atoms with Gasteiger partial charge in [0.05, 0.1) is 6.04 Å². The van der Waals surface area contributed by atoms with Crippen LogP contribution >= 0.6 is 7.28 Å². The zero-order valence-corrected chi connectivity index (χ0v) is 15.4. The van der Waals surface area contributed by atoms with Crippen LogP contribution in [0.5, 0.6) is 0 Å². The van der Waals surface area contributed by atoms with Gasteiger partial charge >= 0.3 is 0 Å². The summed E-state index contributed by atoms with van der Waals surface area (Å²) in [4.78, 5) is 0. The fourth-order valence-corrected chi connectivity index (χ4v) is 9.95. The van der Waals surface area contributed by atoms with Crippen LogP contribution in [0, 0.1) is 0 Å². The Bertz CT molecular complexity index is 498. The smallest absolute Gasteiger partial charge is 0.139 e. The van der Waals surface area contributed by atoms with Crippen LogP contribution in [0.15, 0.2) is 28.7 Å². The summed E-state index contributed by atoms with van der Waals surface area (Å²) in [6.07, 6.45) is 24.1. The Kier molecular flexibility index (Phi) is 4.99. The highest BCUT2D eigenvalue weighted by Crippen LogP contribution is 2.69. The van der Waals surface area contributed by atoms with Gasteiger partial charge in [0.1, 0.15) is 13.0 Å². The number of allylic oxidation sites excluding steroid dienone is 3. The Morgan fingerprint density at radius 3 is 1.91 bits per heavy atom. The van der Waals surface area contributed by atoms with E-state index in [1.54, 1.807) is 0 Å². The molecule has 0 radical (unpaired) electrons. The van der Waals surface area contributed by atoms with Crippen LogP contribution in [-0.4, -0.2) is 17.4 Å². The molecule has 0 saturated heterocycles. The van der Waals surface area contributed by atoms with Crippen molar-refractivity contribution in [1.82, 2.24) is 0 Å². The van der Waals surface area contributed by atoms with E-state index in [1.165, 1.54) is 82.8 Å². The van der Waals surface area contributed by atoms with Crippen LogP contribution in [0.4, 0.5) is 0 Å². The highest BCUT2D eigenvalue weighted by molar-refractivity contribution is 7.63. The molecule has 0 aromatic carbocycles. The molecule has 3 saturated carbocycles. The zero-order valence-electron chi connectivity index (χ0n) is 14.5. The molecule has 0 spiro atoms. The predicted octanol–water partition coefficient (Wildman–Crippen LogP) is 6.79. The van der Waals surface area contributed by atoms with Crippen LogP contribution in [0.1, 0.15) is 83.5 Å². The average Bonchev–Trinajstić information content (AvgIpc) is 3.31. The minimum absolute atomic E-state index is 0.611. The third-order valence-corrected chi connectivity index (χ3v) is 10.7. The van der Waals surface area contributed by atoms with E-state index in [-0.39, 0.29) is 0 Å². The largest absolute Gasteiger partial charge is 0.463 e. The van der Waals surface area contributed by atoms with E-state index < -0.39 is 7.28 Å². The Balaban J connectivity index is 1.70. The van der Waals surface area contributed by atoms with Gasteiger partial charge in [-0.05, 0) is 44.6 Å². The summed E-state index contributed by atoms with van der Waals surface area (Å²) in [7, 11) is -1.67. The van der Waals surface area contributed by atoms with Crippen molar-refractivity contribution < 1.29 is 4.52 Å². The van der Waals surface area contributed by atoms with Gasteiger partial charge in [0.2, 0.25) is 0 Å². The number of hydrogen-bond donors (Lipinski definition) is 0. The molecule has 0 aliphatic heterocycles. The highest BCUT2D eigenvalue weighted by Gasteiger charge is 2.43. The minimum Gasteiger partial charge on any atom is -0.463 e. The molecule has 128 valence electrons. The third kappa shape index (κ3) is 3.34. The van der Waals surface area contributed by atoms with Gasteiger partial charge in [-0.25, -0.2) is 0 Å². The van der Waals surface area contributed by atoms with Crippen molar-refractivity contribution in [2.75, 3.05) is 0 Å². The van der Waals surface area contributed by atoms with Crippen LogP contribution < -0.4 is 0 Å². The summed E-state index contributed by atoms with van der Waals surface area (Å²) in [5.74, 6) is 1.22. The molecule has 0 bridgehead atoms. The molecule has 0 N–H and O–H groups in total. The number of rotatable bonds is 5. The first-order chi connectivity index (χ1) is 11.4. The second-order valence-electron chi connectivity index (χ2n) is 7.96. The Labute approximate surface area is 141 Å². The van der Waals surface area contributed by atoms with Crippen molar-refractivity contribution in [2.45, 2.75) is 101 Å². The summed E-state index contributed by atoms with van der Waals surface area (Å²) >= 11 is 0. The molecule has 2 nitrogen and oxygen atoms in total. The normalized spacial score (nSPS) is 27.0. The minimum atomic E-state index is -1.67. The Morgan fingerprint density at radius 2 is 1.39 bits per heavy atom. The van der Waals surface area contributed by atoms with E-state index in [2.05, 4.69) is 18.2 Å². The van der Waals surface area contributed by atoms with E-state index in [4.69, 9.17) is 9.27 Å². The topological polar surface area (TPSA) is 21.6 Å². The molecule has 4 aliphatic rings. The van der Waals surface area contributed by atoms with E-state index >= 15 is 0 Å². The maximum atomic E-state index is 6.97. The van der Waals surface area contributed by atoms with Crippen molar-refractivity contribution in [3.8, 4) is 0 Å². The van der Waals surface area contributed by atoms with E-state index in [1.807, 2.05) is 0 Å². The van der Waals surface area contributed by atoms with E-state index in [0.29, 0.717) is 6.04 Å². The lowest BCUT2D eigenvalue weighted by Crippen LogP contribution is -2.18. The second kappa shape index (κ2) is 7.18. The molecule has 0 amide bonds. The van der Waals surface area contributed by atoms with Gasteiger partial charge in [0.25, 0.3) is 0 Å². The first-order valence-corrected chi connectivity index (χ1v) is 11.8. The van der Waals surface area contributed by atoms with Gasteiger partial charge in [-0.1, -0.05) is 50.7 Å². The van der Waals surface area contributed by atoms with Crippen LogP contribution in [0.25, 0.3) is 0 Å². The average molecular weight is 333 g/mol. The second-order valence-corrected chi connectivity index (χ2v) is 11.2. The van der Waals surface area contributed by atoms with Crippen molar-refractivity contribution in [3.05, 3.63) is 24.0 Å². The summed E-state index contributed by atoms with van der Waals surface area (Å²) in [6, 6.07) is 0.611. The lowest BCUT2D eigenvalue weighted by Gasteiger charge is -2.37. The summed E-state index contributed by atoms with van der Waals surface area (Å²) in [5, 5.41) is 0. The third-order valence-electron chi connectivity index (χ3n) is 6.36. The molecule has 0 aromatic heterocycles. The van der Waals surface area contributed by atoms with Crippen LogP contribution in [0.3, 0.4) is 0 Å². The molecule has 0 unspecified atom stereocenters. The van der Waals surface area contributed by atoms with E-state index in [9.17, 15) is 0 Å². The molecule has 0 heterocycles. The summed E-state index contributed by atoms with van der Waals surface area (Å²) < 4.78 is 12.6. The molecule has 23 heavy (non-hydrogen) atoms. The Morgan fingerprint density at radius 1 is 0.826 bits per heavy atom. The van der Waals surface area contributed by atoms with Crippen LogP contribution in [0.2, 0.25) is 0 Å². The van der Waals surface area contributed by atoms with Gasteiger partial charge < -0.3 is 4.52 Å². The maximum Gasteiger partial charge on any atom is 0.139 e. The maximum absolute atomic E-state index is 6.97. The van der Waals surface area contributed by atoms with Gasteiger partial charge in [-0.15, -0.1) is 0 Å². The molecule has 3 heteroatoms. The molecule has 0 atom stereocenters. The lowest BCUT2D eigenvalue weighted by atomic mass is 10.3. The first-order valence-electron chi connectivity index (χ1n) is 10.0. The van der Waals surface area contributed by atoms with Crippen LogP contribution in [-0.2, 0) is 4.52 Å². The lowest BCUT2D eigenvalue weighted by molar-refractivity contribution is 0.429. The van der Waals surface area contributed by atoms with Gasteiger partial charge in [0, 0.05) is 17.7 Å². The molecular weight excluding hydrogens is 301 g/mol. The molecule has 0 aromatic rings. The first kappa shape index (κ1) is 16.0. The van der Waals surface area contributed by atoms with Crippen molar-refractivity contribution in [1.29, 1.82) is 0 Å². The highest BCUT2D eigenvalue weighted by atomic mass is 31.2. The molecule has 4 aliphatic carbocycles. The summed E-state index contributed by atoms with van der Waals surface area (Å²) in [6.45, 7) is 0. The van der Waals surface area contributed by atoms with Gasteiger partial charge in [0.15, 0.2) is 0 Å². The molecule has 4 rings (SSSR count). The fraction of sp³-hybridized carbons (Fsp3) is 0.800. The number of hydrogen-bond acceptors (Lipinski definition) is 2. The van der Waals surface area contributed by atoms with Crippen molar-refractivity contribution in [3.63, 3.8) is 0 Å². The standard InChI is InChI=1S/C20H32NOP/c1-2-10-17(9-1)21-23(19-13-5-6-14-19,20-15-7-8-16-20)22-18-11-3-4-12-18/h3-4,11,17,19-20H,1-2,5-10,12-16H2. The number of nitrogens with zero attached hydrogens (tertiary/aromatic N) is 1. The fourth-order valence-electron chi connectivity index (χ4n) is 5.17. The zero-order chi connectivity index (χ0) is 15.5. The molecular formula is C20H32NOP. The van der Waals surface area contributed by atoms with Gasteiger partial charge in [-0.2, -0.15) is 0 Å². The monoisotopic (exact) mass is 333 g/mol. The van der Waals surface area contributed by atoms with Gasteiger partial charge in [-0.3, -0.25) is 4.74 Å². The van der Waals surface area contributed by atoms with Crippen molar-refractivity contribution >= 4 is 7.28 Å². The van der Waals surface area contributed by atoms with Crippen molar-refractivity contribution in [2.24, 2.45) is 4.74 Å². The quantitative estimate of drug-likeness (QED) is 0.507. The SMILES string of the molecule is C1=CCC(OP(=NC2CCCC2)(C2CCCC2)C2CCCC2)=C1. The predicted molar refractivity (Wildman–Crippen MR) is 99.0 cm³/mol. The Hall–Kier alpha value is -0.490.